The molecule has 3 N–H and O–H groups in total. The van der Waals surface area contributed by atoms with Crippen LogP contribution >= 0.6 is 0 Å². The van der Waals surface area contributed by atoms with Gasteiger partial charge in [-0.2, -0.15) is 0 Å². The molecule has 116 valence electrons. The first kappa shape index (κ1) is 15.8. The van der Waals surface area contributed by atoms with E-state index in [0.29, 0.717) is 6.42 Å². The van der Waals surface area contributed by atoms with E-state index in [-0.39, 0.29) is 22.2 Å². The number of phenols is 1. The first-order valence-electron chi connectivity index (χ1n) is 6.82. The second-order valence-corrected chi connectivity index (χ2v) is 7.64. The van der Waals surface area contributed by atoms with Crippen LogP contribution in [0, 0.1) is 0 Å². The molecule has 0 aromatic heterocycles. The molecule has 0 radical (unpaired) electrons. The number of phenolic OH excluding ortho intramolecular Hbond substituents is 1. The van der Waals surface area contributed by atoms with E-state index in [4.69, 9.17) is 0 Å². The lowest BCUT2D eigenvalue weighted by atomic mass is 9.90. The summed E-state index contributed by atoms with van der Waals surface area (Å²) >= 11 is 0. The van der Waals surface area contributed by atoms with E-state index in [2.05, 4.69) is 10.6 Å². The predicted molar refractivity (Wildman–Crippen MR) is 80.1 cm³/mol. The Balaban J connectivity index is 2.24. The number of sulfone groups is 1. The van der Waals surface area contributed by atoms with Gasteiger partial charge in [-0.1, -0.05) is 0 Å². The van der Waals surface area contributed by atoms with Crippen LogP contribution in [0.2, 0.25) is 0 Å². The minimum Gasteiger partial charge on any atom is -0.506 e. The number of anilines is 1. The fourth-order valence-electron chi connectivity index (χ4n) is 2.36. The van der Waals surface area contributed by atoms with Gasteiger partial charge in [-0.25, -0.2) is 8.42 Å². The van der Waals surface area contributed by atoms with Crippen LogP contribution in [-0.4, -0.2) is 37.8 Å². The van der Waals surface area contributed by atoms with Gasteiger partial charge in [0.15, 0.2) is 9.84 Å². The Hall–Kier alpha value is -1.60. The van der Waals surface area contributed by atoms with Gasteiger partial charge in [0.1, 0.15) is 5.75 Å². The number of aromatic hydroxyl groups is 1. The number of carbonyl (C=O) groups excluding carboxylic acids is 1. The Morgan fingerprint density at radius 2 is 2.10 bits per heavy atom. The number of amides is 1. The highest BCUT2D eigenvalue weighted by Crippen LogP contribution is 2.28. The molecule has 1 atom stereocenters. The van der Waals surface area contributed by atoms with Crippen molar-refractivity contribution in [2.45, 2.75) is 36.6 Å². The molecule has 7 heteroatoms. The van der Waals surface area contributed by atoms with Crippen molar-refractivity contribution in [3.05, 3.63) is 18.2 Å². The van der Waals surface area contributed by atoms with Crippen LogP contribution in [0.1, 0.15) is 26.2 Å². The predicted octanol–water partition coefficient (Wildman–Crippen LogP) is 1.27. The molecule has 0 saturated carbocycles. The highest BCUT2D eigenvalue weighted by molar-refractivity contribution is 7.90. The van der Waals surface area contributed by atoms with Crippen LogP contribution in [0.5, 0.6) is 5.75 Å². The molecule has 2 rings (SSSR count). The highest BCUT2D eigenvalue weighted by Gasteiger charge is 2.34. The summed E-state index contributed by atoms with van der Waals surface area (Å²) in [5.74, 6) is -0.432. The van der Waals surface area contributed by atoms with Crippen molar-refractivity contribution in [3.63, 3.8) is 0 Å². The zero-order valence-corrected chi connectivity index (χ0v) is 13.0. The van der Waals surface area contributed by atoms with Crippen LogP contribution in [0.25, 0.3) is 0 Å². The van der Waals surface area contributed by atoms with Crippen molar-refractivity contribution in [3.8, 4) is 5.75 Å². The summed E-state index contributed by atoms with van der Waals surface area (Å²) in [5, 5.41) is 15.6. The van der Waals surface area contributed by atoms with E-state index in [0.717, 1.165) is 25.6 Å². The number of hydrogen-bond acceptors (Lipinski definition) is 5. The van der Waals surface area contributed by atoms with Crippen LogP contribution in [-0.2, 0) is 14.6 Å². The van der Waals surface area contributed by atoms with Gasteiger partial charge in [0.05, 0.1) is 16.1 Å². The van der Waals surface area contributed by atoms with Gasteiger partial charge in [0.25, 0.3) is 0 Å². The van der Waals surface area contributed by atoms with E-state index in [1.54, 1.807) is 6.92 Å². The molecule has 1 aromatic carbocycles. The molecule has 1 fully saturated rings. The van der Waals surface area contributed by atoms with Gasteiger partial charge in [0, 0.05) is 6.26 Å². The lowest BCUT2D eigenvalue weighted by Gasteiger charge is -2.33. The Bertz CT molecular complexity index is 649. The van der Waals surface area contributed by atoms with Crippen LogP contribution in [0.4, 0.5) is 5.69 Å². The molecule has 1 saturated heterocycles. The lowest BCUT2D eigenvalue weighted by Crippen LogP contribution is -2.54. The van der Waals surface area contributed by atoms with Gasteiger partial charge >= 0.3 is 0 Å². The summed E-state index contributed by atoms with van der Waals surface area (Å²) in [7, 11) is -3.40. The third kappa shape index (κ3) is 3.54. The van der Waals surface area contributed by atoms with Crippen molar-refractivity contribution in [2.24, 2.45) is 0 Å². The van der Waals surface area contributed by atoms with E-state index < -0.39 is 15.4 Å². The average molecular weight is 312 g/mol. The minimum absolute atomic E-state index is 0.0531. The second-order valence-electron chi connectivity index (χ2n) is 5.62. The molecule has 0 bridgehead atoms. The minimum atomic E-state index is -3.40. The maximum atomic E-state index is 12.4. The zero-order chi connectivity index (χ0) is 15.7. The Morgan fingerprint density at radius 1 is 1.38 bits per heavy atom. The summed E-state index contributed by atoms with van der Waals surface area (Å²) in [6, 6.07) is 3.85. The van der Waals surface area contributed by atoms with Crippen LogP contribution in [0.15, 0.2) is 23.1 Å². The molecular weight excluding hydrogens is 292 g/mol. The van der Waals surface area contributed by atoms with Crippen LogP contribution < -0.4 is 10.6 Å². The fourth-order valence-corrected chi connectivity index (χ4v) is 3.00. The molecule has 0 aliphatic carbocycles. The average Bonchev–Trinajstić information content (AvgIpc) is 2.40. The van der Waals surface area contributed by atoms with E-state index in [1.807, 2.05) is 0 Å². The maximum Gasteiger partial charge on any atom is 0.244 e. The monoisotopic (exact) mass is 312 g/mol. The smallest absolute Gasteiger partial charge is 0.244 e. The number of piperidine rings is 1. The zero-order valence-electron chi connectivity index (χ0n) is 12.1. The third-order valence-electron chi connectivity index (χ3n) is 3.76. The SMILES string of the molecule is CC1(C(=O)Nc2cc(S(C)(=O)=O)ccc2O)CCCCN1. The summed E-state index contributed by atoms with van der Waals surface area (Å²) in [6.07, 6.45) is 3.75. The number of nitrogens with one attached hydrogen (secondary N) is 2. The van der Waals surface area contributed by atoms with Crippen molar-refractivity contribution < 1.29 is 18.3 Å². The first-order valence-corrected chi connectivity index (χ1v) is 8.71. The number of benzene rings is 1. The standard InChI is InChI=1S/C14H20N2O4S/c1-14(7-3-4-8-15-14)13(18)16-11-9-10(21(2,19)20)5-6-12(11)17/h5-6,9,15,17H,3-4,7-8H2,1-2H3,(H,16,18). The Morgan fingerprint density at radius 3 is 2.67 bits per heavy atom. The molecule has 1 heterocycles. The van der Waals surface area contributed by atoms with E-state index in [9.17, 15) is 18.3 Å². The summed E-state index contributed by atoms with van der Waals surface area (Å²) in [6.45, 7) is 2.57. The quantitative estimate of drug-likeness (QED) is 0.731. The van der Waals surface area contributed by atoms with Gasteiger partial charge in [-0.15, -0.1) is 0 Å². The largest absolute Gasteiger partial charge is 0.506 e. The maximum absolute atomic E-state index is 12.4. The highest BCUT2D eigenvalue weighted by atomic mass is 32.2. The molecule has 1 aromatic rings. The molecule has 6 nitrogen and oxygen atoms in total. The molecular formula is C14H20N2O4S. The molecule has 21 heavy (non-hydrogen) atoms. The summed E-state index contributed by atoms with van der Waals surface area (Å²) in [5.41, 5.74) is -0.595. The number of carbonyl (C=O) groups is 1. The van der Waals surface area contributed by atoms with E-state index in [1.165, 1.54) is 18.2 Å². The first-order chi connectivity index (χ1) is 9.72. The van der Waals surface area contributed by atoms with Gasteiger partial charge < -0.3 is 15.7 Å². The molecule has 1 aliphatic heterocycles. The normalized spacial score (nSPS) is 22.8. The summed E-state index contributed by atoms with van der Waals surface area (Å²) < 4.78 is 23.1. The third-order valence-corrected chi connectivity index (χ3v) is 4.87. The van der Waals surface area contributed by atoms with Crippen molar-refractivity contribution in [1.29, 1.82) is 0 Å². The second kappa shape index (κ2) is 5.65. The number of hydrogen-bond donors (Lipinski definition) is 3. The van der Waals surface area contributed by atoms with Crippen molar-refractivity contribution >= 4 is 21.4 Å². The molecule has 1 amide bonds. The van der Waals surface area contributed by atoms with Gasteiger partial charge in [-0.05, 0) is 50.9 Å². The molecule has 0 spiro atoms. The van der Waals surface area contributed by atoms with Crippen molar-refractivity contribution in [2.75, 3.05) is 18.1 Å². The Labute approximate surface area is 124 Å². The number of rotatable bonds is 3. The van der Waals surface area contributed by atoms with Crippen molar-refractivity contribution in [1.82, 2.24) is 5.32 Å². The van der Waals surface area contributed by atoms with Gasteiger partial charge in [0.2, 0.25) is 5.91 Å². The molecule has 1 unspecified atom stereocenters. The topological polar surface area (TPSA) is 95.5 Å². The lowest BCUT2D eigenvalue weighted by molar-refractivity contribution is -0.122. The summed E-state index contributed by atoms with van der Waals surface area (Å²) in [4.78, 5) is 12.4. The molecule has 1 aliphatic rings. The van der Waals surface area contributed by atoms with Gasteiger partial charge in [-0.3, -0.25) is 4.79 Å². The Kier molecular flexibility index (Phi) is 4.25. The van der Waals surface area contributed by atoms with E-state index >= 15 is 0 Å². The fraction of sp³-hybridized carbons (Fsp3) is 0.500. The van der Waals surface area contributed by atoms with Crippen LogP contribution in [0.3, 0.4) is 0 Å².